The van der Waals surface area contributed by atoms with Crippen molar-refractivity contribution in [3.8, 4) is 5.75 Å². The van der Waals surface area contributed by atoms with Crippen molar-refractivity contribution < 1.29 is 9.53 Å². The molecule has 1 fully saturated rings. The van der Waals surface area contributed by atoms with E-state index in [1.807, 2.05) is 23.1 Å². The van der Waals surface area contributed by atoms with E-state index in [1.165, 1.54) is 18.2 Å². The van der Waals surface area contributed by atoms with E-state index in [0.717, 1.165) is 36.2 Å². The highest BCUT2D eigenvalue weighted by Gasteiger charge is 2.21. The Bertz CT molecular complexity index is 957. The average molecular weight is 371 g/mol. The number of hydrogen-bond donors (Lipinski definition) is 1. The maximum absolute atomic E-state index is 12.4. The standard InChI is InChI=1S/C18H21N5O2S/c1-11-4-3-7-23(9-11)15(24)10-26-18-20-17-16(21-22-18)13-8-12(25-2)5-6-14(13)19-17/h5-6,8,11H,3-4,7,9-10H2,1-2H3,(H,19,20,22). The Labute approximate surface area is 155 Å². The van der Waals surface area contributed by atoms with Crippen molar-refractivity contribution in [2.75, 3.05) is 26.0 Å². The Hall–Kier alpha value is -2.35. The number of ether oxygens (including phenoxy) is 1. The Balaban J connectivity index is 1.50. The normalized spacial score (nSPS) is 17.8. The van der Waals surface area contributed by atoms with E-state index in [4.69, 9.17) is 4.74 Å². The fraction of sp³-hybridized carbons (Fsp3) is 0.444. The third-order valence-electron chi connectivity index (χ3n) is 4.74. The van der Waals surface area contributed by atoms with Gasteiger partial charge in [-0.25, -0.2) is 4.98 Å². The highest BCUT2D eigenvalue weighted by atomic mass is 32.2. The molecule has 2 aromatic heterocycles. The molecule has 0 radical (unpaired) electrons. The molecule has 1 atom stereocenters. The van der Waals surface area contributed by atoms with Gasteiger partial charge in [-0.2, -0.15) is 0 Å². The van der Waals surface area contributed by atoms with Crippen LogP contribution >= 0.6 is 11.8 Å². The third-order valence-corrected chi connectivity index (χ3v) is 5.56. The van der Waals surface area contributed by atoms with Crippen molar-refractivity contribution in [1.82, 2.24) is 25.1 Å². The molecule has 136 valence electrons. The summed E-state index contributed by atoms with van der Waals surface area (Å²) in [5.74, 6) is 1.83. The Kier molecular flexibility index (Phi) is 4.67. The minimum atomic E-state index is 0.145. The quantitative estimate of drug-likeness (QED) is 0.710. The number of benzene rings is 1. The largest absolute Gasteiger partial charge is 0.497 e. The maximum Gasteiger partial charge on any atom is 0.233 e. The van der Waals surface area contributed by atoms with Gasteiger partial charge in [0.25, 0.3) is 0 Å². The molecule has 0 saturated carbocycles. The molecule has 1 aliphatic heterocycles. The molecule has 1 amide bonds. The summed E-state index contributed by atoms with van der Waals surface area (Å²) in [5, 5.41) is 9.92. The number of piperidine rings is 1. The van der Waals surface area contributed by atoms with E-state index < -0.39 is 0 Å². The highest BCUT2D eigenvalue weighted by Crippen LogP contribution is 2.27. The number of nitrogens with one attached hydrogen (secondary N) is 1. The van der Waals surface area contributed by atoms with Crippen LogP contribution in [0.15, 0.2) is 23.4 Å². The van der Waals surface area contributed by atoms with E-state index in [9.17, 15) is 4.79 Å². The number of H-pyrrole nitrogens is 1. The van der Waals surface area contributed by atoms with E-state index in [-0.39, 0.29) is 5.91 Å². The van der Waals surface area contributed by atoms with E-state index in [0.29, 0.717) is 28.0 Å². The SMILES string of the molecule is COc1ccc2[nH]c3nc(SCC(=O)N4CCCC(C)C4)nnc3c2c1. The van der Waals surface area contributed by atoms with E-state index >= 15 is 0 Å². The minimum Gasteiger partial charge on any atom is -0.497 e. The minimum absolute atomic E-state index is 0.145. The summed E-state index contributed by atoms with van der Waals surface area (Å²) in [5.41, 5.74) is 2.31. The van der Waals surface area contributed by atoms with E-state index in [2.05, 4.69) is 27.1 Å². The molecular weight excluding hydrogens is 350 g/mol. The van der Waals surface area contributed by atoms with Gasteiger partial charge in [0.1, 0.15) is 11.3 Å². The first-order valence-electron chi connectivity index (χ1n) is 8.75. The smallest absolute Gasteiger partial charge is 0.233 e. The van der Waals surface area contributed by atoms with Crippen LogP contribution in [0.3, 0.4) is 0 Å². The zero-order chi connectivity index (χ0) is 18.1. The molecule has 1 aliphatic rings. The second-order valence-corrected chi connectivity index (χ2v) is 7.65. The lowest BCUT2D eigenvalue weighted by atomic mass is 10.0. The molecule has 1 saturated heterocycles. The van der Waals surface area contributed by atoms with Crippen molar-refractivity contribution in [2.45, 2.75) is 24.9 Å². The molecule has 7 nitrogen and oxygen atoms in total. The van der Waals surface area contributed by atoms with Crippen LogP contribution in [0.1, 0.15) is 19.8 Å². The summed E-state index contributed by atoms with van der Waals surface area (Å²) < 4.78 is 5.27. The number of aromatic nitrogens is 4. The molecule has 8 heteroatoms. The molecule has 0 spiro atoms. The van der Waals surface area contributed by atoms with Crippen LogP contribution in [0.2, 0.25) is 0 Å². The topological polar surface area (TPSA) is 84.0 Å². The second kappa shape index (κ2) is 7.11. The van der Waals surface area contributed by atoms with Crippen molar-refractivity contribution in [3.05, 3.63) is 18.2 Å². The summed E-state index contributed by atoms with van der Waals surface area (Å²) in [6, 6.07) is 5.74. The number of thioether (sulfide) groups is 1. The Morgan fingerprint density at radius 3 is 3.12 bits per heavy atom. The Morgan fingerprint density at radius 2 is 2.31 bits per heavy atom. The van der Waals surface area contributed by atoms with Gasteiger partial charge >= 0.3 is 0 Å². The van der Waals surface area contributed by atoms with Crippen molar-refractivity contribution in [2.24, 2.45) is 5.92 Å². The number of hydrogen-bond acceptors (Lipinski definition) is 6. The molecule has 26 heavy (non-hydrogen) atoms. The summed E-state index contributed by atoms with van der Waals surface area (Å²) >= 11 is 1.34. The fourth-order valence-corrected chi connectivity index (χ4v) is 4.05. The fourth-order valence-electron chi connectivity index (χ4n) is 3.36. The van der Waals surface area contributed by atoms with Crippen LogP contribution in [0, 0.1) is 5.92 Å². The molecule has 0 aliphatic carbocycles. The summed E-state index contributed by atoms with van der Waals surface area (Å²) in [6.45, 7) is 3.89. The number of rotatable bonds is 4. The zero-order valence-corrected chi connectivity index (χ0v) is 15.7. The number of amides is 1. The van der Waals surface area contributed by atoms with Crippen LogP contribution in [0.25, 0.3) is 22.1 Å². The van der Waals surface area contributed by atoms with Crippen LogP contribution in [0.4, 0.5) is 0 Å². The number of fused-ring (bicyclic) bond motifs is 3. The van der Waals surface area contributed by atoms with Gasteiger partial charge in [0.2, 0.25) is 11.1 Å². The zero-order valence-electron chi connectivity index (χ0n) is 14.9. The average Bonchev–Trinajstić information content (AvgIpc) is 3.02. The van der Waals surface area contributed by atoms with Gasteiger partial charge in [0.05, 0.1) is 12.9 Å². The van der Waals surface area contributed by atoms with Crippen LogP contribution in [-0.2, 0) is 4.79 Å². The molecule has 1 unspecified atom stereocenters. The predicted molar refractivity (Wildman–Crippen MR) is 101 cm³/mol. The monoisotopic (exact) mass is 371 g/mol. The summed E-state index contributed by atoms with van der Waals surface area (Å²) in [6.07, 6.45) is 2.28. The first-order chi connectivity index (χ1) is 12.6. The number of methoxy groups -OCH3 is 1. The molecule has 1 N–H and O–H groups in total. The molecule has 0 bridgehead atoms. The van der Waals surface area contributed by atoms with Crippen LogP contribution in [-0.4, -0.2) is 56.9 Å². The Morgan fingerprint density at radius 1 is 1.42 bits per heavy atom. The molecule has 3 heterocycles. The molecular formula is C18H21N5O2S. The van der Waals surface area contributed by atoms with Gasteiger partial charge in [-0.3, -0.25) is 4.79 Å². The van der Waals surface area contributed by atoms with Crippen LogP contribution < -0.4 is 4.74 Å². The van der Waals surface area contributed by atoms with Crippen LogP contribution in [0.5, 0.6) is 5.75 Å². The van der Waals surface area contributed by atoms with Crippen molar-refractivity contribution >= 4 is 39.7 Å². The first kappa shape index (κ1) is 17.1. The van der Waals surface area contributed by atoms with Gasteiger partial charge in [-0.15, -0.1) is 10.2 Å². The van der Waals surface area contributed by atoms with E-state index in [1.54, 1.807) is 7.11 Å². The van der Waals surface area contributed by atoms with Gasteiger partial charge in [0, 0.05) is 24.0 Å². The lowest BCUT2D eigenvalue weighted by molar-refractivity contribution is -0.130. The second-order valence-electron chi connectivity index (χ2n) is 6.70. The molecule has 4 rings (SSSR count). The predicted octanol–water partition coefficient (Wildman–Crippen LogP) is 2.87. The van der Waals surface area contributed by atoms with Gasteiger partial charge < -0.3 is 14.6 Å². The van der Waals surface area contributed by atoms with Gasteiger partial charge in [0.15, 0.2) is 5.65 Å². The molecule has 3 aromatic rings. The summed E-state index contributed by atoms with van der Waals surface area (Å²) in [4.78, 5) is 22.1. The number of aromatic amines is 1. The number of carbonyl (C=O) groups excluding carboxylic acids is 1. The van der Waals surface area contributed by atoms with Crippen molar-refractivity contribution in [3.63, 3.8) is 0 Å². The number of carbonyl (C=O) groups is 1. The maximum atomic E-state index is 12.4. The third kappa shape index (κ3) is 3.33. The number of likely N-dealkylation sites (tertiary alicyclic amines) is 1. The molecule has 1 aromatic carbocycles. The summed E-state index contributed by atoms with van der Waals surface area (Å²) in [7, 11) is 1.63. The van der Waals surface area contributed by atoms with Gasteiger partial charge in [-0.05, 0) is 37.0 Å². The lowest BCUT2D eigenvalue weighted by Crippen LogP contribution is -2.40. The highest BCUT2D eigenvalue weighted by molar-refractivity contribution is 7.99. The van der Waals surface area contributed by atoms with Crippen molar-refractivity contribution in [1.29, 1.82) is 0 Å². The number of nitrogens with zero attached hydrogens (tertiary/aromatic N) is 4. The lowest BCUT2D eigenvalue weighted by Gasteiger charge is -2.30. The first-order valence-corrected chi connectivity index (χ1v) is 9.73. The van der Waals surface area contributed by atoms with Gasteiger partial charge in [-0.1, -0.05) is 18.7 Å².